The van der Waals surface area contributed by atoms with Gasteiger partial charge in [-0.05, 0) is 99.0 Å². The normalized spacial score (nSPS) is 12.1. The van der Waals surface area contributed by atoms with Gasteiger partial charge in [-0.2, -0.15) is 0 Å². The van der Waals surface area contributed by atoms with E-state index in [1.54, 1.807) is 0 Å². The first-order valence-corrected chi connectivity index (χ1v) is 22.3. The molecule has 0 saturated heterocycles. The van der Waals surface area contributed by atoms with Gasteiger partial charge < -0.3 is 10.0 Å². The molecule has 0 unspecified atom stereocenters. The Hall–Kier alpha value is -6.29. The van der Waals surface area contributed by atoms with Crippen LogP contribution in [-0.2, 0) is 37.3 Å². The van der Waals surface area contributed by atoms with E-state index in [1.807, 2.05) is 24.4 Å². The Kier molecular flexibility index (Phi) is 12.0. The van der Waals surface area contributed by atoms with Crippen LogP contribution in [0, 0.1) is 13.0 Å². The quantitative estimate of drug-likeness (QED) is 0.162. The van der Waals surface area contributed by atoms with E-state index in [0.717, 1.165) is 78.1 Å². The second kappa shape index (κ2) is 17.3. The van der Waals surface area contributed by atoms with Crippen molar-refractivity contribution in [2.75, 3.05) is 4.90 Å². The van der Waals surface area contributed by atoms with E-state index < -0.39 is 0 Å². The summed E-state index contributed by atoms with van der Waals surface area (Å²) in [6.07, 6.45) is 1.88. The van der Waals surface area contributed by atoms with Gasteiger partial charge in [0.1, 0.15) is 11.6 Å². The standard InChI is InChI=1S/C59H57N4O.Pt/c1-38-23-24-39(33-48(38)50-35-43(59(8,9)10)32-40-18-17-31-60-54(40)50)49-36-47(62(44-19-13-11-14-20-44)45-21-15-12-16-22-45)37-52-55(49)61-56(51-34-42(58(5,6)7)27-30-53(51)64)63(52)46-28-25-41(26-29-46)57(2,3)4;/h11-32,34-37,64H,1-10H3;/q-1;. The minimum atomic E-state index is -0.158. The molecule has 2 aromatic heterocycles. The molecule has 0 fully saturated rings. The predicted octanol–water partition coefficient (Wildman–Crippen LogP) is 15.7. The van der Waals surface area contributed by atoms with Crippen molar-refractivity contribution in [2.24, 2.45) is 0 Å². The van der Waals surface area contributed by atoms with Gasteiger partial charge in [-0.25, -0.2) is 4.98 Å². The van der Waals surface area contributed by atoms with Crippen molar-refractivity contribution < 1.29 is 26.2 Å². The van der Waals surface area contributed by atoms with Crippen LogP contribution in [0.25, 0.3) is 61.3 Å². The maximum atomic E-state index is 11.8. The van der Waals surface area contributed by atoms with Crippen molar-refractivity contribution in [3.63, 3.8) is 0 Å². The third-order valence-corrected chi connectivity index (χ3v) is 12.4. The molecular formula is C59H57N4OPt-. The minimum Gasteiger partial charge on any atom is -0.507 e. The van der Waals surface area contributed by atoms with Gasteiger partial charge in [0.05, 0.1) is 16.6 Å². The van der Waals surface area contributed by atoms with Gasteiger partial charge in [0.25, 0.3) is 0 Å². The van der Waals surface area contributed by atoms with Crippen LogP contribution in [0.2, 0.25) is 0 Å². The molecule has 9 rings (SSSR count). The van der Waals surface area contributed by atoms with Gasteiger partial charge in [-0.3, -0.25) is 9.55 Å². The van der Waals surface area contributed by atoms with Crippen molar-refractivity contribution in [1.82, 2.24) is 14.5 Å². The maximum absolute atomic E-state index is 11.8. The number of pyridine rings is 1. The van der Waals surface area contributed by atoms with Crippen LogP contribution < -0.4 is 4.90 Å². The van der Waals surface area contributed by atoms with Crippen molar-refractivity contribution in [1.29, 1.82) is 0 Å². The molecule has 9 aromatic rings. The number of phenols is 1. The van der Waals surface area contributed by atoms with Gasteiger partial charge in [0, 0.05) is 55.5 Å². The third-order valence-electron chi connectivity index (χ3n) is 12.4. The Balaban J connectivity index is 0.00000576. The van der Waals surface area contributed by atoms with E-state index in [2.05, 4.69) is 218 Å². The summed E-state index contributed by atoms with van der Waals surface area (Å²) in [5.41, 5.74) is 15.6. The molecule has 7 aromatic carbocycles. The van der Waals surface area contributed by atoms with Crippen LogP contribution in [0.15, 0.2) is 158 Å². The van der Waals surface area contributed by atoms with Gasteiger partial charge in [-0.15, -0.1) is 34.9 Å². The fraction of sp³-hybridized carbons (Fsp3) is 0.220. The predicted molar refractivity (Wildman–Crippen MR) is 269 cm³/mol. The van der Waals surface area contributed by atoms with Crippen LogP contribution in [0.1, 0.15) is 84.6 Å². The Morgan fingerprint density at radius 2 is 1.14 bits per heavy atom. The second-order valence-electron chi connectivity index (χ2n) is 20.2. The largest absolute Gasteiger partial charge is 0.507 e. The summed E-state index contributed by atoms with van der Waals surface area (Å²) in [5.74, 6) is 0.835. The number of aryl methyl sites for hydroxylation is 1. The minimum absolute atomic E-state index is 0. The molecule has 0 atom stereocenters. The molecule has 330 valence electrons. The van der Waals surface area contributed by atoms with Crippen LogP contribution >= 0.6 is 0 Å². The Labute approximate surface area is 399 Å². The van der Waals surface area contributed by atoms with Crippen LogP contribution in [-0.4, -0.2) is 19.6 Å². The number of aromatic nitrogens is 3. The third kappa shape index (κ3) is 8.79. The zero-order valence-electron chi connectivity index (χ0n) is 39.1. The fourth-order valence-electron chi connectivity index (χ4n) is 8.65. The number of imidazole rings is 1. The number of aromatic hydroxyl groups is 1. The Morgan fingerprint density at radius 1 is 0.538 bits per heavy atom. The summed E-state index contributed by atoms with van der Waals surface area (Å²) in [5, 5.41) is 12.9. The average molecular weight is 1030 g/mol. The molecule has 5 nitrogen and oxygen atoms in total. The van der Waals surface area contributed by atoms with E-state index in [-0.39, 0.29) is 43.1 Å². The van der Waals surface area contributed by atoms with Gasteiger partial charge in [-0.1, -0.05) is 159 Å². The van der Waals surface area contributed by atoms with E-state index in [9.17, 15) is 5.11 Å². The molecule has 0 aliphatic carbocycles. The van der Waals surface area contributed by atoms with Crippen LogP contribution in [0.5, 0.6) is 5.75 Å². The number of para-hydroxylation sites is 2. The molecule has 2 heterocycles. The molecule has 0 radical (unpaired) electrons. The molecule has 65 heavy (non-hydrogen) atoms. The smallest absolute Gasteiger partial charge is 0.148 e. The van der Waals surface area contributed by atoms with Crippen molar-refractivity contribution in [2.45, 2.75) is 85.5 Å². The van der Waals surface area contributed by atoms with Gasteiger partial charge in [0.15, 0.2) is 0 Å². The molecule has 0 aliphatic rings. The van der Waals surface area contributed by atoms with Crippen LogP contribution in [0.4, 0.5) is 17.1 Å². The summed E-state index contributed by atoms with van der Waals surface area (Å²) in [6.45, 7) is 22.2. The fourth-order valence-corrected chi connectivity index (χ4v) is 8.65. The number of hydrogen-bond acceptors (Lipinski definition) is 4. The number of nitrogens with zero attached hydrogens (tertiary/aromatic N) is 4. The van der Waals surface area contributed by atoms with Crippen LogP contribution in [0.3, 0.4) is 0 Å². The molecule has 0 saturated carbocycles. The zero-order valence-corrected chi connectivity index (χ0v) is 41.3. The van der Waals surface area contributed by atoms with E-state index in [4.69, 9.17) is 9.97 Å². The first-order valence-electron chi connectivity index (χ1n) is 22.3. The molecule has 0 bridgehead atoms. The number of anilines is 3. The topological polar surface area (TPSA) is 54.2 Å². The molecular weight excluding hydrogens is 976 g/mol. The summed E-state index contributed by atoms with van der Waals surface area (Å²) >= 11 is 0. The van der Waals surface area contributed by atoms with E-state index in [1.165, 1.54) is 11.1 Å². The van der Waals surface area contributed by atoms with Crippen molar-refractivity contribution in [3.05, 3.63) is 186 Å². The monoisotopic (exact) mass is 1030 g/mol. The van der Waals surface area contributed by atoms with Gasteiger partial charge in [0.2, 0.25) is 0 Å². The number of phenolic OH excluding ortho intramolecular Hbond substituents is 1. The SMILES string of the molecule is Cc1ccc(-c2cc(N(c3ccccc3)c3ccccc3)cc3c2nc(-c2cc(C(C)(C)C)ccc2O)n3-c2ccc(C(C)(C)C)cc2)[c-]c1-c1cc(C(C)(C)C)cc2cccnc12.[Pt]. The number of fused-ring (bicyclic) bond motifs is 2. The molecule has 0 spiro atoms. The van der Waals surface area contributed by atoms with Gasteiger partial charge >= 0.3 is 0 Å². The number of hydrogen-bond donors (Lipinski definition) is 1. The summed E-state index contributed by atoms with van der Waals surface area (Å²) in [6, 6.07) is 57.3. The zero-order chi connectivity index (χ0) is 45.1. The molecule has 1 N–H and O–H groups in total. The van der Waals surface area contributed by atoms with E-state index in [0.29, 0.717) is 11.4 Å². The maximum Gasteiger partial charge on any atom is 0.148 e. The van der Waals surface area contributed by atoms with Crippen molar-refractivity contribution in [3.8, 4) is 45.1 Å². The number of rotatable bonds is 7. The van der Waals surface area contributed by atoms with E-state index >= 15 is 0 Å². The average Bonchev–Trinajstić information content (AvgIpc) is 3.65. The Bertz CT molecular complexity index is 3130. The Morgan fingerprint density at radius 3 is 1.75 bits per heavy atom. The molecule has 0 aliphatic heterocycles. The van der Waals surface area contributed by atoms with Crippen molar-refractivity contribution >= 4 is 39.0 Å². The first-order chi connectivity index (χ1) is 30.5. The second-order valence-corrected chi connectivity index (χ2v) is 20.2. The molecule has 6 heteroatoms. The first kappa shape index (κ1) is 45.3. The summed E-state index contributed by atoms with van der Waals surface area (Å²) in [7, 11) is 0. The number of benzene rings is 7. The molecule has 0 amide bonds. The summed E-state index contributed by atoms with van der Waals surface area (Å²) in [4.78, 5) is 12.9. The summed E-state index contributed by atoms with van der Waals surface area (Å²) < 4.78 is 2.23.